The Morgan fingerprint density at radius 3 is 2.38 bits per heavy atom. The van der Waals surface area contributed by atoms with Crippen molar-refractivity contribution >= 4 is 24.0 Å². The van der Waals surface area contributed by atoms with Gasteiger partial charge in [0.1, 0.15) is 23.9 Å². The van der Waals surface area contributed by atoms with Crippen LogP contribution in [0.3, 0.4) is 0 Å². The van der Waals surface area contributed by atoms with Crippen LogP contribution in [0.25, 0.3) is 5.69 Å². The zero-order chi connectivity index (χ0) is 18.9. The minimum Gasteiger partial charge on any atom is -0.491 e. The third-order valence-electron chi connectivity index (χ3n) is 3.23. The van der Waals surface area contributed by atoms with Gasteiger partial charge >= 0.3 is 11.9 Å². The van der Waals surface area contributed by atoms with E-state index in [4.69, 9.17) is 22.1 Å². The average Bonchev–Trinajstić information content (AvgIpc) is 2.50. The number of aromatic nitrogens is 2. The number of hydrogen-bond acceptors (Lipinski definition) is 4. The van der Waals surface area contributed by atoms with E-state index in [1.807, 2.05) is 0 Å². The highest BCUT2D eigenvalue weighted by Gasteiger charge is 2.35. The summed E-state index contributed by atoms with van der Waals surface area (Å²) in [6.45, 7) is 0.135. The molecule has 0 saturated heterocycles. The molecule has 0 unspecified atom stereocenters. The maximum atomic E-state index is 14.2. The summed E-state index contributed by atoms with van der Waals surface area (Å²) < 4.78 is 58.3. The van der Waals surface area contributed by atoms with Crippen LogP contribution in [0.1, 0.15) is 5.69 Å². The first-order valence-corrected chi connectivity index (χ1v) is 7.18. The zero-order valence-corrected chi connectivity index (χ0v) is 14.7. The number of benzene rings is 1. The van der Waals surface area contributed by atoms with Crippen molar-refractivity contribution in [1.82, 2.24) is 9.13 Å². The van der Waals surface area contributed by atoms with E-state index in [0.717, 1.165) is 19.2 Å². The molecule has 0 bridgehead atoms. The Morgan fingerprint density at radius 2 is 1.85 bits per heavy atom. The highest BCUT2D eigenvalue weighted by atomic mass is 35.5. The van der Waals surface area contributed by atoms with Crippen molar-refractivity contribution in [3.05, 3.63) is 55.6 Å². The first-order valence-electron chi connectivity index (χ1n) is 6.80. The monoisotopic (exact) mass is 417 g/mol. The third-order valence-corrected chi connectivity index (χ3v) is 3.52. The number of hydrogen-bond donors (Lipinski definition) is 1. The van der Waals surface area contributed by atoms with Crippen molar-refractivity contribution < 1.29 is 22.3 Å². The van der Waals surface area contributed by atoms with Crippen molar-refractivity contribution in [2.75, 3.05) is 13.2 Å². The molecule has 0 amide bonds. The first-order chi connectivity index (χ1) is 11.6. The normalized spacial score (nSPS) is 11.2. The van der Waals surface area contributed by atoms with E-state index in [2.05, 4.69) is 0 Å². The molecule has 12 heteroatoms. The molecule has 0 fully saturated rings. The molecule has 0 saturated carbocycles. The van der Waals surface area contributed by atoms with Crippen molar-refractivity contribution in [2.45, 2.75) is 6.18 Å². The van der Waals surface area contributed by atoms with Crippen LogP contribution in [0.2, 0.25) is 5.02 Å². The Kier molecular flexibility index (Phi) is 6.86. The maximum absolute atomic E-state index is 14.2. The van der Waals surface area contributed by atoms with Crippen LogP contribution in [0, 0.1) is 5.82 Å². The fourth-order valence-corrected chi connectivity index (χ4v) is 2.29. The predicted molar refractivity (Wildman–Crippen MR) is 89.0 cm³/mol. The number of alkyl halides is 3. The summed E-state index contributed by atoms with van der Waals surface area (Å²) in [7, 11) is 0.820. The zero-order valence-electron chi connectivity index (χ0n) is 13.1. The summed E-state index contributed by atoms with van der Waals surface area (Å²) in [5.41, 5.74) is 0.520. The molecule has 144 valence electrons. The lowest BCUT2D eigenvalue weighted by atomic mass is 10.2. The van der Waals surface area contributed by atoms with Crippen LogP contribution >= 0.6 is 24.0 Å². The average molecular weight is 418 g/mol. The van der Waals surface area contributed by atoms with Crippen molar-refractivity contribution in [3.8, 4) is 11.4 Å². The lowest BCUT2D eigenvalue weighted by molar-refractivity contribution is -0.144. The molecule has 2 N–H and O–H groups in total. The third kappa shape index (κ3) is 4.19. The van der Waals surface area contributed by atoms with E-state index in [1.54, 1.807) is 0 Å². The minimum absolute atomic E-state index is 0. The van der Waals surface area contributed by atoms with Crippen LogP contribution < -0.4 is 21.7 Å². The summed E-state index contributed by atoms with van der Waals surface area (Å²) in [5.74, 6) is -1.15. The molecule has 0 spiro atoms. The molecule has 2 rings (SSSR count). The fourth-order valence-electron chi connectivity index (χ4n) is 2.09. The Morgan fingerprint density at radius 1 is 1.23 bits per heavy atom. The van der Waals surface area contributed by atoms with Gasteiger partial charge in [-0.15, -0.1) is 12.4 Å². The molecule has 26 heavy (non-hydrogen) atoms. The highest BCUT2D eigenvalue weighted by molar-refractivity contribution is 6.32. The van der Waals surface area contributed by atoms with Crippen LogP contribution in [0.15, 0.2) is 27.8 Å². The molecule has 2 aromatic rings. The van der Waals surface area contributed by atoms with E-state index in [9.17, 15) is 27.2 Å². The van der Waals surface area contributed by atoms with Crippen molar-refractivity contribution in [3.63, 3.8) is 0 Å². The van der Waals surface area contributed by atoms with E-state index in [0.29, 0.717) is 0 Å². The summed E-state index contributed by atoms with van der Waals surface area (Å²) in [4.78, 5) is 24.2. The van der Waals surface area contributed by atoms with Gasteiger partial charge in [0.15, 0.2) is 0 Å². The highest BCUT2D eigenvalue weighted by Crippen LogP contribution is 2.30. The van der Waals surface area contributed by atoms with Crippen molar-refractivity contribution in [2.24, 2.45) is 12.8 Å². The first kappa shape index (κ1) is 22.0. The van der Waals surface area contributed by atoms with Gasteiger partial charge in [-0.1, -0.05) is 11.6 Å². The van der Waals surface area contributed by atoms with Crippen LogP contribution in [-0.2, 0) is 13.2 Å². The number of halogens is 6. The summed E-state index contributed by atoms with van der Waals surface area (Å²) >= 11 is 5.80. The van der Waals surface area contributed by atoms with Gasteiger partial charge in [0.05, 0.1) is 10.7 Å². The second-order valence-corrected chi connectivity index (χ2v) is 5.32. The predicted octanol–water partition coefficient (Wildman–Crippen LogP) is 2.11. The number of ether oxygens (including phenoxy) is 1. The molecule has 0 radical (unpaired) electrons. The lowest BCUT2D eigenvalue weighted by Gasteiger charge is -2.15. The van der Waals surface area contributed by atoms with Gasteiger partial charge in [-0.2, -0.15) is 13.2 Å². The van der Waals surface area contributed by atoms with Gasteiger partial charge in [-0.3, -0.25) is 9.36 Å². The quantitative estimate of drug-likeness (QED) is 0.772. The molecular weight excluding hydrogens is 405 g/mol. The number of rotatable bonds is 4. The second kappa shape index (κ2) is 8.11. The van der Waals surface area contributed by atoms with E-state index in [-0.39, 0.29) is 51.5 Å². The van der Waals surface area contributed by atoms with Gasteiger partial charge in [0.25, 0.3) is 5.56 Å². The molecular formula is C14H13Cl2F4N3O3. The molecule has 1 heterocycles. The molecule has 0 atom stereocenters. The lowest BCUT2D eigenvalue weighted by Crippen LogP contribution is -2.41. The maximum Gasteiger partial charge on any atom is 0.431 e. The van der Waals surface area contributed by atoms with Gasteiger partial charge < -0.3 is 10.5 Å². The van der Waals surface area contributed by atoms with E-state index >= 15 is 0 Å². The minimum atomic E-state index is -4.92. The molecule has 0 aliphatic heterocycles. The van der Waals surface area contributed by atoms with Gasteiger partial charge in [0.2, 0.25) is 0 Å². The van der Waals surface area contributed by atoms with Crippen LogP contribution in [-0.4, -0.2) is 22.3 Å². The fraction of sp³-hybridized carbons (Fsp3) is 0.286. The standard InChI is InChI=1S/C14H12ClF4N3O3.ClH/c1-21-11(14(17,18)19)6-12(23)22(13(21)24)9-5-10(25-3-2-20)7(15)4-8(9)16;/h4-6H,2-3,20H2,1H3;1H. The topological polar surface area (TPSA) is 79.2 Å². The van der Waals surface area contributed by atoms with Crippen LogP contribution in [0.5, 0.6) is 5.75 Å². The Bertz CT molecular complexity index is 925. The number of nitrogens with two attached hydrogens (primary N) is 1. The van der Waals surface area contributed by atoms with Gasteiger partial charge in [-0.05, 0) is 6.07 Å². The summed E-state index contributed by atoms with van der Waals surface area (Å²) in [6.07, 6.45) is -4.92. The van der Waals surface area contributed by atoms with E-state index in [1.165, 1.54) is 0 Å². The smallest absolute Gasteiger partial charge is 0.431 e. The van der Waals surface area contributed by atoms with Gasteiger partial charge in [0, 0.05) is 25.7 Å². The van der Waals surface area contributed by atoms with Gasteiger partial charge in [-0.25, -0.2) is 13.8 Å². The molecule has 1 aromatic heterocycles. The SMILES string of the molecule is Cl.Cn1c(C(F)(F)F)cc(=O)n(-c2cc(OCCN)c(Cl)cc2F)c1=O. The van der Waals surface area contributed by atoms with Crippen LogP contribution in [0.4, 0.5) is 17.6 Å². The molecule has 1 aromatic carbocycles. The number of nitrogens with zero attached hydrogens (tertiary/aromatic N) is 2. The Labute approximate surface area is 155 Å². The molecule has 0 aliphatic rings. The van der Waals surface area contributed by atoms with E-state index < -0.39 is 34.6 Å². The molecule has 0 aliphatic carbocycles. The summed E-state index contributed by atoms with van der Waals surface area (Å²) in [6, 6.07) is 1.94. The molecule has 6 nitrogen and oxygen atoms in total. The van der Waals surface area contributed by atoms with Crippen molar-refractivity contribution in [1.29, 1.82) is 0 Å². The Hall–Kier alpha value is -2.04. The largest absolute Gasteiger partial charge is 0.491 e. The Balaban J connectivity index is 0.00000338. The summed E-state index contributed by atoms with van der Waals surface area (Å²) in [5, 5.41) is -0.147. The second-order valence-electron chi connectivity index (χ2n) is 4.91.